The highest BCUT2D eigenvalue weighted by Crippen LogP contribution is 2.17. The van der Waals surface area contributed by atoms with Crippen molar-refractivity contribution in [3.8, 4) is 0 Å². The van der Waals surface area contributed by atoms with Crippen molar-refractivity contribution in [1.82, 2.24) is 5.32 Å². The fraction of sp³-hybridized carbons (Fsp3) is 0.562. The maximum absolute atomic E-state index is 5.45. The molecule has 1 unspecified atom stereocenters. The van der Waals surface area contributed by atoms with Crippen molar-refractivity contribution in [3.63, 3.8) is 0 Å². The summed E-state index contributed by atoms with van der Waals surface area (Å²) in [7, 11) is 0. The molecule has 110 valence electrons. The molecular weight excluding hydrogens is 268 g/mol. The zero-order chi connectivity index (χ0) is 14.0. The van der Waals surface area contributed by atoms with Crippen LogP contribution in [0.2, 0.25) is 0 Å². The molecule has 1 atom stereocenters. The molecule has 1 aromatic carbocycles. The van der Waals surface area contributed by atoms with Crippen molar-refractivity contribution in [1.29, 1.82) is 0 Å². The molecule has 1 heterocycles. The maximum Gasteiger partial charge on any atom is 0.156 e. The fourth-order valence-electron chi connectivity index (χ4n) is 2.13. The Kier molecular flexibility index (Phi) is 6.95. The van der Waals surface area contributed by atoms with Crippen LogP contribution >= 0.6 is 11.8 Å². The quantitative estimate of drug-likeness (QED) is 0.748. The summed E-state index contributed by atoms with van der Waals surface area (Å²) in [5, 5.41) is 4.61. The third kappa shape index (κ3) is 5.55. The van der Waals surface area contributed by atoms with Crippen LogP contribution in [-0.4, -0.2) is 36.7 Å². The largest absolute Gasteiger partial charge is 0.381 e. The second-order valence-corrected chi connectivity index (χ2v) is 6.00. The van der Waals surface area contributed by atoms with E-state index in [0.717, 1.165) is 49.9 Å². The van der Waals surface area contributed by atoms with Crippen LogP contribution in [-0.2, 0) is 11.2 Å². The molecule has 0 bridgehead atoms. The zero-order valence-electron chi connectivity index (χ0n) is 12.2. The summed E-state index contributed by atoms with van der Waals surface area (Å²) in [5.41, 5.74) is 1.39. The van der Waals surface area contributed by atoms with Gasteiger partial charge in [-0.25, -0.2) is 0 Å². The van der Waals surface area contributed by atoms with Crippen molar-refractivity contribution in [3.05, 3.63) is 35.9 Å². The Morgan fingerprint density at radius 1 is 1.30 bits per heavy atom. The number of hydrogen-bond acceptors (Lipinski definition) is 3. The molecule has 0 spiro atoms. The van der Waals surface area contributed by atoms with Gasteiger partial charge in [0.15, 0.2) is 5.17 Å². The van der Waals surface area contributed by atoms with E-state index in [2.05, 4.69) is 47.6 Å². The monoisotopic (exact) mass is 292 g/mol. The van der Waals surface area contributed by atoms with Gasteiger partial charge in [0.2, 0.25) is 0 Å². The predicted molar refractivity (Wildman–Crippen MR) is 87.6 cm³/mol. The molecule has 1 aliphatic rings. The molecule has 4 heteroatoms. The van der Waals surface area contributed by atoms with E-state index in [-0.39, 0.29) is 0 Å². The number of hydrogen-bond donors (Lipinski definition) is 1. The van der Waals surface area contributed by atoms with Crippen molar-refractivity contribution in [2.45, 2.75) is 32.2 Å². The molecular formula is C16H24N2OS. The highest BCUT2D eigenvalue weighted by molar-refractivity contribution is 8.14. The molecule has 0 aromatic heterocycles. The van der Waals surface area contributed by atoms with Crippen molar-refractivity contribution in [2.75, 3.05) is 25.5 Å². The van der Waals surface area contributed by atoms with Gasteiger partial charge in [0.05, 0.1) is 0 Å². The average Bonchev–Trinajstić information content (AvgIpc) is 2.91. The number of ether oxygens (including phenoxy) is 1. The average molecular weight is 292 g/mol. The van der Waals surface area contributed by atoms with E-state index in [0.29, 0.717) is 6.04 Å². The number of aliphatic imine (C=N–C) groups is 1. The Morgan fingerprint density at radius 3 is 2.95 bits per heavy atom. The number of nitrogens with one attached hydrogen (secondary N) is 1. The Bertz CT molecular complexity index is 408. The fourth-order valence-corrected chi connectivity index (χ4v) is 3.12. The molecule has 1 aliphatic heterocycles. The molecule has 1 N–H and O–H groups in total. The summed E-state index contributed by atoms with van der Waals surface area (Å²) in [4.78, 5) is 4.60. The number of rotatable bonds is 8. The lowest BCUT2D eigenvalue weighted by Crippen LogP contribution is -2.29. The van der Waals surface area contributed by atoms with Crippen LogP contribution in [0.1, 0.15) is 25.3 Å². The lowest BCUT2D eigenvalue weighted by atomic mass is 10.1. The zero-order valence-corrected chi connectivity index (χ0v) is 13.0. The van der Waals surface area contributed by atoms with Crippen molar-refractivity contribution >= 4 is 16.9 Å². The number of benzene rings is 1. The van der Waals surface area contributed by atoms with Crippen LogP contribution < -0.4 is 5.32 Å². The molecule has 2 rings (SSSR count). The summed E-state index contributed by atoms with van der Waals surface area (Å²) in [6.07, 6.45) is 3.18. The molecule has 3 nitrogen and oxygen atoms in total. The van der Waals surface area contributed by atoms with Crippen LogP contribution in [0.25, 0.3) is 0 Å². The SMILES string of the molecule is CCCOCCCN=C1NC(Cc2ccccc2)CS1. The predicted octanol–water partition coefficient (Wildman–Crippen LogP) is 3.11. The second kappa shape index (κ2) is 9.03. The molecule has 1 fully saturated rings. The van der Waals surface area contributed by atoms with Gasteiger partial charge in [-0.3, -0.25) is 4.99 Å². The van der Waals surface area contributed by atoms with Crippen LogP contribution in [0.15, 0.2) is 35.3 Å². The lowest BCUT2D eigenvalue weighted by Gasteiger charge is -2.09. The number of nitrogens with zero attached hydrogens (tertiary/aromatic N) is 1. The van der Waals surface area contributed by atoms with E-state index < -0.39 is 0 Å². The van der Waals surface area contributed by atoms with Gasteiger partial charge in [0.25, 0.3) is 0 Å². The summed E-state index contributed by atoms with van der Waals surface area (Å²) in [6.45, 7) is 4.68. The molecule has 0 amide bonds. The van der Waals surface area contributed by atoms with Gasteiger partial charge in [-0.15, -0.1) is 0 Å². The highest BCUT2D eigenvalue weighted by Gasteiger charge is 2.19. The normalized spacial score (nSPS) is 20.2. The van der Waals surface area contributed by atoms with Crippen LogP contribution in [0.4, 0.5) is 0 Å². The van der Waals surface area contributed by atoms with Crippen molar-refractivity contribution in [2.24, 2.45) is 4.99 Å². The molecule has 0 aliphatic carbocycles. The summed E-state index contributed by atoms with van der Waals surface area (Å²) < 4.78 is 5.45. The minimum absolute atomic E-state index is 0.512. The van der Waals surface area contributed by atoms with Crippen LogP contribution in [0, 0.1) is 0 Å². The van der Waals surface area contributed by atoms with Crippen LogP contribution in [0.3, 0.4) is 0 Å². The first-order chi connectivity index (χ1) is 9.88. The van der Waals surface area contributed by atoms with Gasteiger partial charge in [0.1, 0.15) is 0 Å². The van der Waals surface area contributed by atoms with Gasteiger partial charge in [-0.05, 0) is 24.8 Å². The van der Waals surface area contributed by atoms with Gasteiger partial charge < -0.3 is 10.1 Å². The third-order valence-corrected chi connectivity index (χ3v) is 4.21. The Morgan fingerprint density at radius 2 is 2.15 bits per heavy atom. The van der Waals surface area contributed by atoms with Gasteiger partial charge in [-0.1, -0.05) is 49.0 Å². The van der Waals surface area contributed by atoms with Crippen LogP contribution in [0.5, 0.6) is 0 Å². The smallest absolute Gasteiger partial charge is 0.156 e. The number of thioether (sulfide) groups is 1. The molecule has 1 aromatic rings. The molecule has 1 saturated heterocycles. The summed E-state index contributed by atoms with van der Waals surface area (Å²) in [5.74, 6) is 1.11. The molecule has 0 radical (unpaired) electrons. The van der Waals surface area contributed by atoms with E-state index >= 15 is 0 Å². The topological polar surface area (TPSA) is 33.6 Å². The molecule has 0 saturated carbocycles. The van der Waals surface area contributed by atoms with Gasteiger partial charge in [0, 0.05) is 31.6 Å². The second-order valence-electron chi connectivity index (χ2n) is 4.99. The Labute approximate surface area is 126 Å². The van der Waals surface area contributed by atoms with E-state index in [1.807, 2.05) is 11.8 Å². The van der Waals surface area contributed by atoms with Gasteiger partial charge >= 0.3 is 0 Å². The first-order valence-corrected chi connectivity index (χ1v) is 8.42. The highest BCUT2D eigenvalue weighted by atomic mass is 32.2. The van der Waals surface area contributed by atoms with E-state index in [1.54, 1.807) is 0 Å². The third-order valence-electron chi connectivity index (χ3n) is 3.12. The lowest BCUT2D eigenvalue weighted by molar-refractivity contribution is 0.134. The molecule has 20 heavy (non-hydrogen) atoms. The minimum Gasteiger partial charge on any atom is -0.381 e. The maximum atomic E-state index is 5.45. The van der Waals surface area contributed by atoms with E-state index in [4.69, 9.17) is 4.74 Å². The Hall–Kier alpha value is -1.00. The minimum atomic E-state index is 0.512. The van der Waals surface area contributed by atoms with E-state index in [1.165, 1.54) is 5.56 Å². The first kappa shape index (κ1) is 15.4. The number of amidine groups is 1. The first-order valence-electron chi connectivity index (χ1n) is 7.44. The Balaban J connectivity index is 1.64. The standard InChI is InChI=1S/C16H24N2OS/c1-2-10-19-11-6-9-17-16-18-15(13-20-16)12-14-7-4-3-5-8-14/h3-5,7-8,15H,2,6,9-13H2,1H3,(H,17,18). The van der Waals surface area contributed by atoms with E-state index in [9.17, 15) is 0 Å². The summed E-state index contributed by atoms with van der Waals surface area (Å²) >= 11 is 1.84. The summed E-state index contributed by atoms with van der Waals surface area (Å²) in [6, 6.07) is 11.1. The van der Waals surface area contributed by atoms with Gasteiger partial charge in [-0.2, -0.15) is 0 Å². The van der Waals surface area contributed by atoms with Crippen molar-refractivity contribution < 1.29 is 4.74 Å².